The van der Waals surface area contributed by atoms with Gasteiger partial charge in [-0.3, -0.25) is 4.40 Å². The fourth-order valence-electron chi connectivity index (χ4n) is 2.76. The summed E-state index contributed by atoms with van der Waals surface area (Å²) < 4.78 is 2.22. The van der Waals surface area contributed by atoms with E-state index in [0.717, 1.165) is 30.5 Å². The number of imidazole rings is 1. The molecule has 0 spiro atoms. The molecule has 0 saturated heterocycles. The summed E-state index contributed by atoms with van der Waals surface area (Å²) >= 11 is 1.71. The number of hydrogen-bond donors (Lipinski definition) is 1. The number of fused-ring (bicyclic) bond motifs is 1. The molecule has 1 fully saturated rings. The lowest BCUT2D eigenvalue weighted by molar-refractivity contribution is 0.318. The molecule has 2 heterocycles. The maximum Gasteiger partial charge on any atom is 0.195 e. The summed E-state index contributed by atoms with van der Waals surface area (Å²) in [7, 11) is 2.00. The molecule has 19 heavy (non-hydrogen) atoms. The van der Waals surface area contributed by atoms with Crippen LogP contribution in [0.4, 0.5) is 5.82 Å². The smallest absolute Gasteiger partial charge is 0.195 e. The van der Waals surface area contributed by atoms with Gasteiger partial charge in [0, 0.05) is 31.2 Å². The van der Waals surface area contributed by atoms with Gasteiger partial charge < -0.3 is 10.2 Å². The maximum atomic E-state index is 4.84. The van der Waals surface area contributed by atoms with E-state index in [-0.39, 0.29) is 0 Å². The van der Waals surface area contributed by atoms with Crippen molar-refractivity contribution in [3.8, 4) is 0 Å². The molecule has 0 unspecified atom stereocenters. The van der Waals surface area contributed by atoms with Gasteiger partial charge in [-0.1, -0.05) is 6.42 Å². The van der Waals surface area contributed by atoms with Crippen LogP contribution in [0, 0.1) is 5.92 Å². The molecule has 1 aliphatic carbocycles. The summed E-state index contributed by atoms with van der Waals surface area (Å²) in [6.45, 7) is 5.31. The summed E-state index contributed by atoms with van der Waals surface area (Å²) in [5.74, 6) is 2.05. The molecule has 1 aliphatic rings. The lowest BCUT2D eigenvalue weighted by atomic mass is 9.85. The van der Waals surface area contributed by atoms with Gasteiger partial charge in [-0.15, -0.1) is 11.3 Å². The molecule has 5 heteroatoms. The van der Waals surface area contributed by atoms with E-state index in [4.69, 9.17) is 4.98 Å². The number of rotatable bonds is 6. The minimum absolute atomic E-state index is 0.869. The Morgan fingerprint density at radius 1 is 1.53 bits per heavy atom. The Balaban J connectivity index is 1.91. The lowest BCUT2D eigenvalue weighted by Crippen LogP contribution is -2.33. The summed E-state index contributed by atoms with van der Waals surface area (Å²) in [4.78, 5) is 8.40. The van der Waals surface area contributed by atoms with Crippen molar-refractivity contribution in [1.29, 1.82) is 0 Å². The van der Waals surface area contributed by atoms with Crippen LogP contribution in [0.5, 0.6) is 0 Å². The van der Waals surface area contributed by atoms with E-state index in [1.807, 2.05) is 7.05 Å². The predicted octanol–water partition coefficient (Wildman–Crippen LogP) is 2.74. The third-order valence-electron chi connectivity index (χ3n) is 4.07. The van der Waals surface area contributed by atoms with Crippen molar-refractivity contribution in [2.75, 3.05) is 25.0 Å². The van der Waals surface area contributed by atoms with E-state index >= 15 is 0 Å². The summed E-state index contributed by atoms with van der Waals surface area (Å²) in [6.07, 6.45) is 6.31. The highest BCUT2D eigenvalue weighted by atomic mass is 32.1. The molecule has 2 aromatic heterocycles. The lowest BCUT2D eigenvalue weighted by Gasteiger charge is -2.32. The zero-order chi connectivity index (χ0) is 13.2. The first-order valence-corrected chi connectivity index (χ1v) is 8.05. The monoisotopic (exact) mass is 278 g/mol. The van der Waals surface area contributed by atoms with Crippen molar-refractivity contribution in [2.24, 2.45) is 5.92 Å². The van der Waals surface area contributed by atoms with Gasteiger partial charge in [0.1, 0.15) is 0 Å². The van der Waals surface area contributed by atoms with E-state index in [1.165, 1.54) is 30.8 Å². The first-order valence-electron chi connectivity index (χ1n) is 7.17. The minimum atomic E-state index is 0.869. The van der Waals surface area contributed by atoms with Crippen molar-refractivity contribution in [3.63, 3.8) is 0 Å². The fourth-order valence-corrected chi connectivity index (χ4v) is 3.49. The van der Waals surface area contributed by atoms with Crippen LogP contribution in [0.1, 0.15) is 31.9 Å². The molecule has 4 nitrogen and oxygen atoms in total. The van der Waals surface area contributed by atoms with E-state index < -0.39 is 0 Å². The van der Waals surface area contributed by atoms with Gasteiger partial charge in [-0.2, -0.15) is 0 Å². The third-order valence-corrected chi connectivity index (χ3v) is 4.83. The van der Waals surface area contributed by atoms with E-state index in [9.17, 15) is 0 Å². The van der Waals surface area contributed by atoms with Crippen molar-refractivity contribution in [2.45, 2.75) is 32.7 Å². The quantitative estimate of drug-likeness (QED) is 0.882. The van der Waals surface area contributed by atoms with Crippen LogP contribution in [0.25, 0.3) is 4.96 Å². The highest BCUT2D eigenvalue weighted by Crippen LogP contribution is 2.31. The molecule has 0 radical (unpaired) electrons. The molecule has 0 aliphatic heterocycles. The first kappa shape index (κ1) is 12.9. The molecule has 1 N–H and O–H groups in total. The molecule has 104 valence electrons. The van der Waals surface area contributed by atoms with Crippen LogP contribution in [-0.2, 0) is 6.54 Å². The van der Waals surface area contributed by atoms with E-state index in [2.05, 4.69) is 33.1 Å². The second-order valence-corrected chi connectivity index (χ2v) is 6.18. The SMILES string of the molecule is CCN(CC1CCC1)c1nc2sccn2c1CNC. The molecule has 1 saturated carbocycles. The summed E-state index contributed by atoms with van der Waals surface area (Å²) in [5, 5.41) is 5.37. The zero-order valence-corrected chi connectivity index (χ0v) is 12.5. The van der Waals surface area contributed by atoms with Crippen LogP contribution in [-0.4, -0.2) is 29.5 Å². The minimum Gasteiger partial charge on any atom is -0.355 e. The van der Waals surface area contributed by atoms with Crippen molar-refractivity contribution in [3.05, 3.63) is 17.3 Å². The highest BCUT2D eigenvalue weighted by Gasteiger charge is 2.24. The Morgan fingerprint density at radius 2 is 2.37 bits per heavy atom. The number of hydrogen-bond acceptors (Lipinski definition) is 4. The second kappa shape index (κ2) is 5.51. The first-order chi connectivity index (χ1) is 9.33. The van der Waals surface area contributed by atoms with Crippen molar-refractivity contribution >= 4 is 22.1 Å². The standard InChI is InChI=1S/C14H22N4S/c1-3-17(10-11-5-4-6-11)13-12(9-15-2)18-7-8-19-14(18)16-13/h7-8,11,15H,3-6,9-10H2,1-2H3. The number of nitrogens with zero attached hydrogens (tertiary/aromatic N) is 3. The molecule has 0 aromatic carbocycles. The van der Waals surface area contributed by atoms with Gasteiger partial charge >= 0.3 is 0 Å². The molecular formula is C14H22N4S. The molecule has 2 aromatic rings. The van der Waals surface area contributed by atoms with Crippen LogP contribution in [0.3, 0.4) is 0 Å². The van der Waals surface area contributed by atoms with Crippen LogP contribution in [0.2, 0.25) is 0 Å². The summed E-state index contributed by atoms with van der Waals surface area (Å²) in [6, 6.07) is 0. The van der Waals surface area contributed by atoms with Gasteiger partial charge in [0.05, 0.1) is 5.69 Å². The Hall–Kier alpha value is -1.07. The normalized spacial score (nSPS) is 15.9. The molecule has 0 amide bonds. The van der Waals surface area contributed by atoms with Crippen LogP contribution in [0.15, 0.2) is 11.6 Å². The van der Waals surface area contributed by atoms with Gasteiger partial charge in [-0.05, 0) is 32.7 Å². The zero-order valence-electron chi connectivity index (χ0n) is 11.7. The highest BCUT2D eigenvalue weighted by molar-refractivity contribution is 7.15. The van der Waals surface area contributed by atoms with Gasteiger partial charge in [0.2, 0.25) is 0 Å². The van der Waals surface area contributed by atoms with Crippen LogP contribution < -0.4 is 10.2 Å². The Bertz CT molecular complexity index is 541. The molecule has 3 rings (SSSR count). The maximum absolute atomic E-state index is 4.84. The average Bonchev–Trinajstić information content (AvgIpc) is 2.92. The number of anilines is 1. The largest absolute Gasteiger partial charge is 0.355 e. The predicted molar refractivity (Wildman–Crippen MR) is 81.1 cm³/mol. The van der Waals surface area contributed by atoms with Gasteiger partial charge in [-0.25, -0.2) is 4.98 Å². The molecule has 0 atom stereocenters. The van der Waals surface area contributed by atoms with E-state index in [1.54, 1.807) is 11.3 Å². The van der Waals surface area contributed by atoms with Crippen molar-refractivity contribution in [1.82, 2.24) is 14.7 Å². The Kier molecular flexibility index (Phi) is 3.75. The van der Waals surface area contributed by atoms with Gasteiger partial charge in [0.25, 0.3) is 0 Å². The number of nitrogens with one attached hydrogen (secondary N) is 1. The van der Waals surface area contributed by atoms with Crippen molar-refractivity contribution < 1.29 is 0 Å². The average molecular weight is 278 g/mol. The van der Waals surface area contributed by atoms with Crippen LogP contribution >= 0.6 is 11.3 Å². The Morgan fingerprint density at radius 3 is 3.00 bits per heavy atom. The number of thiazole rings is 1. The third kappa shape index (κ3) is 2.37. The topological polar surface area (TPSA) is 32.6 Å². The van der Waals surface area contributed by atoms with Gasteiger partial charge in [0.15, 0.2) is 10.8 Å². The van der Waals surface area contributed by atoms with E-state index in [0.29, 0.717) is 0 Å². The fraction of sp³-hybridized carbons (Fsp3) is 0.643. The number of aromatic nitrogens is 2. The molecular weight excluding hydrogens is 256 g/mol. The molecule has 0 bridgehead atoms. The second-order valence-electron chi connectivity index (χ2n) is 5.30. The summed E-state index contributed by atoms with van der Waals surface area (Å²) in [5.41, 5.74) is 1.29. The Labute approximate surface area is 118 Å².